The number of hydrogen-bond acceptors (Lipinski definition) is 3. The van der Waals surface area contributed by atoms with Gasteiger partial charge in [0.25, 0.3) is 11.6 Å². The minimum absolute atomic E-state index is 0.101. The highest BCUT2D eigenvalue weighted by Gasteiger charge is 2.24. The molecule has 130 valence electrons. The predicted molar refractivity (Wildman–Crippen MR) is 99.6 cm³/mol. The summed E-state index contributed by atoms with van der Waals surface area (Å²) in [4.78, 5) is 25.5. The van der Waals surface area contributed by atoms with Gasteiger partial charge in [0.2, 0.25) is 0 Å². The number of nitro benzene ring substituents is 1. The van der Waals surface area contributed by atoms with Gasteiger partial charge in [-0.15, -0.1) is 0 Å². The van der Waals surface area contributed by atoms with E-state index in [0.29, 0.717) is 13.1 Å². The highest BCUT2D eigenvalue weighted by Crippen LogP contribution is 2.22. The molecule has 3 rings (SSSR count). The van der Waals surface area contributed by atoms with Crippen LogP contribution in [0.2, 0.25) is 0 Å². The van der Waals surface area contributed by atoms with Gasteiger partial charge in [0.05, 0.1) is 4.92 Å². The average molecular weight is 346 g/mol. The van der Waals surface area contributed by atoms with Crippen LogP contribution in [-0.4, -0.2) is 15.7 Å². The number of nitro groups is 1. The maximum Gasteiger partial charge on any atom is 0.282 e. The van der Waals surface area contributed by atoms with Gasteiger partial charge in [-0.2, -0.15) is 0 Å². The molecular formula is C21H18N2O3. The summed E-state index contributed by atoms with van der Waals surface area (Å²) in [5.74, 6) is -0.356. The van der Waals surface area contributed by atoms with Crippen LogP contribution < -0.4 is 0 Å². The number of nitrogens with zero attached hydrogens (tertiary/aromatic N) is 2. The number of hydrogen-bond donors (Lipinski definition) is 0. The second kappa shape index (κ2) is 8.07. The zero-order valence-corrected chi connectivity index (χ0v) is 14.1. The minimum Gasteiger partial charge on any atom is -0.330 e. The lowest BCUT2D eigenvalue weighted by Gasteiger charge is -2.23. The fourth-order valence-electron chi connectivity index (χ4n) is 2.79. The summed E-state index contributed by atoms with van der Waals surface area (Å²) in [7, 11) is 0. The van der Waals surface area contributed by atoms with Crippen molar-refractivity contribution in [1.82, 2.24) is 4.90 Å². The molecule has 3 aromatic rings. The molecule has 26 heavy (non-hydrogen) atoms. The van der Waals surface area contributed by atoms with Gasteiger partial charge in [0, 0.05) is 19.2 Å². The van der Waals surface area contributed by atoms with E-state index in [-0.39, 0.29) is 17.2 Å². The molecule has 3 aromatic carbocycles. The van der Waals surface area contributed by atoms with Crippen molar-refractivity contribution in [1.29, 1.82) is 0 Å². The van der Waals surface area contributed by atoms with Gasteiger partial charge in [-0.25, -0.2) is 0 Å². The van der Waals surface area contributed by atoms with Crippen molar-refractivity contribution in [3.05, 3.63) is 112 Å². The zero-order valence-electron chi connectivity index (χ0n) is 14.1. The Balaban J connectivity index is 1.94. The number of benzene rings is 3. The third-order valence-corrected chi connectivity index (χ3v) is 4.05. The quantitative estimate of drug-likeness (QED) is 0.490. The molecule has 0 aliphatic carbocycles. The highest BCUT2D eigenvalue weighted by atomic mass is 16.6. The molecule has 0 heterocycles. The topological polar surface area (TPSA) is 63.4 Å². The fourth-order valence-corrected chi connectivity index (χ4v) is 2.79. The first kappa shape index (κ1) is 17.4. The molecule has 0 saturated heterocycles. The molecule has 0 radical (unpaired) electrons. The second-order valence-electron chi connectivity index (χ2n) is 5.91. The third-order valence-electron chi connectivity index (χ3n) is 4.05. The Labute approximate surface area is 151 Å². The van der Waals surface area contributed by atoms with Crippen LogP contribution in [0.1, 0.15) is 21.5 Å². The minimum atomic E-state index is -0.517. The summed E-state index contributed by atoms with van der Waals surface area (Å²) < 4.78 is 0. The van der Waals surface area contributed by atoms with Crippen LogP contribution in [0.15, 0.2) is 84.9 Å². The van der Waals surface area contributed by atoms with Gasteiger partial charge in [0.15, 0.2) is 0 Å². The smallest absolute Gasteiger partial charge is 0.282 e. The van der Waals surface area contributed by atoms with Crippen LogP contribution in [0.25, 0.3) is 0 Å². The van der Waals surface area contributed by atoms with E-state index in [0.717, 1.165) is 11.1 Å². The van der Waals surface area contributed by atoms with E-state index in [9.17, 15) is 14.9 Å². The maximum atomic E-state index is 13.1. The van der Waals surface area contributed by atoms with E-state index in [1.165, 1.54) is 12.1 Å². The Hall–Kier alpha value is -3.47. The van der Waals surface area contributed by atoms with Crippen LogP contribution in [-0.2, 0) is 13.1 Å². The molecule has 0 fully saturated rings. The zero-order chi connectivity index (χ0) is 18.4. The van der Waals surface area contributed by atoms with Crippen LogP contribution >= 0.6 is 0 Å². The average Bonchev–Trinajstić information content (AvgIpc) is 2.68. The third kappa shape index (κ3) is 4.13. The fraction of sp³-hybridized carbons (Fsp3) is 0.0952. The lowest BCUT2D eigenvalue weighted by Crippen LogP contribution is -2.30. The predicted octanol–water partition coefficient (Wildman–Crippen LogP) is 4.44. The summed E-state index contributed by atoms with van der Waals surface area (Å²) >= 11 is 0. The van der Waals surface area contributed by atoms with Crippen LogP contribution in [0.3, 0.4) is 0 Å². The molecule has 0 N–H and O–H groups in total. The molecule has 0 saturated carbocycles. The number of para-hydroxylation sites is 1. The molecule has 0 aliphatic heterocycles. The van der Waals surface area contributed by atoms with Crippen molar-refractivity contribution < 1.29 is 9.72 Å². The molecule has 0 bridgehead atoms. The molecule has 0 aliphatic rings. The highest BCUT2D eigenvalue weighted by molar-refractivity contribution is 5.98. The molecule has 0 atom stereocenters. The lowest BCUT2D eigenvalue weighted by molar-refractivity contribution is -0.385. The van der Waals surface area contributed by atoms with Crippen molar-refractivity contribution in [2.45, 2.75) is 13.1 Å². The first-order valence-electron chi connectivity index (χ1n) is 8.25. The van der Waals surface area contributed by atoms with Gasteiger partial charge in [-0.3, -0.25) is 14.9 Å². The second-order valence-corrected chi connectivity index (χ2v) is 5.91. The first-order valence-corrected chi connectivity index (χ1v) is 8.25. The normalized spacial score (nSPS) is 10.3. The van der Waals surface area contributed by atoms with E-state index >= 15 is 0 Å². The Morgan fingerprint density at radius 3 is 1.73 bits per heavy atom. The summed E-state index contributed by atoms with van der Waals surface area (Å²) in [5, 5.41) is 11.3. The summed E-state index contributed by atoms with van der Waals surface area (Å²) in [6.07, 6.45) is 0. The number of carbonyl (C=O) groups is 1. The van der Waals surface area contributed by atoms with E-state index in [2.05, 4.69) is 0 Å². The molecule has 0 aromatic heterocycles. The largest absolute Gasteiger partial charge is 0.330 e. The molecule has 1 amide bonds. The maximum absolute atomic E-state index is 13.1. The van der Waals surface area contributed by atoms with Gasteiger partial charge in [-0.1, -0.05) is 72.8 Å². The van der Waals surface area contributed by atoms with Gasteiger partial charge in [-0.05, 0) is 17.2 Å². The Morgan fingerprint density at radius 2 is 1.23 bits per heavy atom. The van der Waals surface area contributed by atoms with E-state index in [1.807, 2.05) is 60.7 Å². The van der Waals surface area contributed by atoms with Gasteiger partial charge in [0.1, 0.15) is 5.56 Å². The Morgan fingerprint density at radius 1 is 0.769 bits per heavy atom. The SMILES string of the molecule is O=C(c1ccccc1[N+](=O)[O-])N(Cc1ccccc1)Cc1ccccc1. The van der Waals surface area contributed by atoms with Crippen molar-refractivity contribution >= 4 is 11.6 Å². The monoisotopic (exact) mass is 346 g/mol. The van der Waals surface area contributed by atoms with Gasteiger partial charge < -0.3 is 4.90 Å². The first-order chi connectivity index (χ1) is 12.6. The van der Waals surface area contributed by atoms with Crippen LogP contribution in [0.4, 0.5) is 5.69 Å². The van der Waals surface area contributed by atoms with Crippen molar-refractivity contribution in [3.8, 4) is 0 Å². The van der Waals surface area contributed by atoms with Crippen molar-refractivity contribution in [2.24, 2.45) is 0 Å². The Kier molecular flexibility index (Phi) is 5.39. The summed E-state index contributed by atoms with van der Waals surface area (Å²) in [5.41, 5.74) is 1.86. The number of carbonyl (C=O) groups excluding carboxylic acids is 1. The van der Waals surface area contributed by atoms with E-state index in [1.54, 1.807) is 17.0 Å². The molecular weight excluding hydrogens is 328 g/mol. The van der Waals surface area contributed by atoms with Gasteiger partial charge >= 0.3 is 0 Å². The molecule has 5 heteroatoms. The standard InChI is InChI=1S/C21H18N2O3/c24-21(19-13-7-8-14-20(19)23(25)26)22(15-17-9-3-1-4-10-17)16-18-11-5-2-6-12-18/h1-14H,15-16H2. The summed E-state index contributed by atoms with van der Waals surface area (Å²) in [6.45, 7) is 0.751. The Bertz CT molecular complexity index is 854. The lowest BCUT2D eigenvalue weighted by atomic mass is 10.1. The number of amides is 1. The number of rotatable bonds is 6. The van der Waals surface area contributed by atoms with Crippen LogP contribution in [0, 0.1) is 10.1 Å². The molecule has 5 nitrogen and oxygen atoms in total. The van der Waals surface area contributed by atoms with E-state index in [4.69, 9.17) is 0 Å². The van der Waals surface area contributed by atoms with Crippen molar-refractivity contribution in [3.63, 3.8) is 0 Å². The molecule has 0 unspecified atom stereocenters. The molecule has 0 spiro atoms. The van der Waals surface area contributed by atoms with Crippen LogP contribution in [0.5, 0.6) is 0 Å². The van der Waals surface area contributed by atoms with E-state index < -0.39 is 4.92 Å². The van der Waals surface area contributed by atoms with Crippen molar-refractivity contribution in [2.75, 3.05) is 0 Å². The summed E-state index contributed by atoms with van der Waals surface area (Å²) in [6, 6.07) is 25.3.